The summed E-state index contributed by atoms with van der Waals surface area (Å²) in [6.07, 6.45) is 2.51. The molecule has 0 saturated heterocycles. The van der Waals surface area contributed by atoms with Gasteiger partial charge in [-0.2, -0.15) is 0 Å². The molecule has 1 unspecified atom stereocenters. The molecule has 94 valence electrons. The molecule has 2 aromatic carbocycles. The van der Waals surface area contributed by atoms with Gasteiger partial charge in [0.15, 0.2) is 0 Å². The Kier molecular flexibility index (Phi) is 4.60. The normalized spacial score (nSPS) is 12.4. The summed E-state index contributed by atoms with van der Waals surface area (Å²) < 4.78 is 1.12. The Morgan fingerprint density at radius 2 is 1.39 bits per heavy atom. The van der Waals surface area contributed by atoms with Crippen molar-refractivity contribution in [2.75, 3.05) is 0 Å². The zero-order chi connectivity index (χ0) is 13.0. The molecular formula is C17H19Br. The molecule has 0 amide bonds. The van der Waals surface area contributed by atoms with E-state index in [2.05, 4.69) is 78.3 Å². The minimum absolute atomic E-state index is 0.661. The molecule has 2 aromatic rings. The average molecular weight is 303 g/mol. The van der Waals surface area contributed by atoms with E-state index in [-0.39, 0.29) is 0 Å². The number of rotatable bonds is 4. The summed E-state index contributed by atoms with van der Waals surface area (Å²) in [6.45, 7) is 4.55. The largest absolute Gasteiger partial charge is 0.0654 e. The van der Waals surface area contributed by atoms with Gasteiger partial charge >= 0.3 is 0 Å². The van der Waals surface area contributed by atoms with Gasteiger partial charge in [0.25, 0.3) is 0 Å². The fraction of sp³-hybridized carbons (Fsp3) is 0.294. The van der Waals surface area contributed by atoms with Gasteiger partial charge in [-0.05, 0) is 41.2 Å². The molecule has 0 aliphatic rings. The van der Waals surface area contributed by atoms with Crippen molar-refractivity contribution in [2.24, 2.45) is 0 Å². The molecule has 0 saturated carbocycles. The Hall–Kier alpha value is -1.08. The van der Waals surface area contributed by atoms with Crippen molar-refractivity contribution < 1.29 is 0 Å². The first kappa shape index (κ1) is 13.4. The standard InChI is InChI=1S/C17H19Br/c1-3-4-13(2)14-5-7-15(8-6-14)16-9-11-17(18)12-10-16/h5-13H,3-4H2,1-2H3. The maximum Gasteiger partial charge on any atom is 0.0175 e. The van der Waals surface area contributed by atoms with E-state index in [0.29, 0.717) is 5.92 Å². The number of halogens is 1. The molecule has 18 heavy (non-hydrogen) atoms. The molecule has 0 radical (unpaired) electrons. The molecule has 0 heterocycles. The third-order valence-corrected chi connectivity index (χ3v) is 3.91. The van der Waals surface area contributed by atoms with Gasteiger partial charge in [-0.15, -0.1) is 0 Å². The monoisotopic (exact) mass is 302 g/mol. The van der Waals surface area contributed by atoms with Crippen molar-refractivity contribution in [2.45, 2.75) is 32.6 Å². The van der Waals surface area contributed by atoms with Crippen molar-refractivity contribution in [3.8, 4) is 11.1 Å². The van der Waals surface area contributed by atoms with Gasteiger partial charge in [0.05, 0.1) is 0 Å². The second kappa shape index (κ2) is 6.19. The highest BCUT2D eigenvalue weighted by Crippen LogP contribution is 2.25. The summed E-state index contributed by atoms with van der Waals surface area (Å²) in [5, 5.41) is 0. The molecule has 0 aromatic heterocycles. The maximum absolute atomic E-state index is 3.47. The van der Waals surface area contributed by atoms with Crippen LogP contribution >= 0.6 is 15.9 Å². The summed E-state index contributed by atoms with van der Waals surface area (Å²) in [7, 11) is 0. The molecule has 0 aliphatic heterocycles. The van der Waals surface area contributed by atoms with Crippen LogP contribution in [0, 0.1) is 0 Å². The summed E-state index contributed by atoms with van der Waals surface area (Å²) in [5.74, 6) is 0.661. The first-order valence-electron chi connectivity index (χ1n) is 6.56. The average Bonchev–Trinajstić information content (AvgIpc) is 2.40. The van der Waals surface area contributed by atoms with Crippen LogP contribution in [0.4, 0.5) is 0 Å². The fourth-order valence-electron chi connectivity index (χ4n) is 2.25. The fourth-order valence-corrected chi connectivity index (χ4v) is 2.51. The van der Waals surface area contributed by atoms with Gasteiger partial charge < -0.3 is 0 Å². The quantitative estimate of drug-likeness (QED) is 0.648. The van der Waals surface area contributed by atoms with Crippen molar-refractivity contribution in [3.63, 3.8) is 0 Å². The van der Waals surface area contributed by atoms with E-state index in [1.54, 1.807) is 0 Å². The van der Waals surface area contributed by atoms with Gasteiger partial charge in [-0.3, -0.25) is 0 Å². The second-order valence-electron chi connectivity index (χ2n) is 4.82. The molecular weight excluding hydrogens is 284 g/mol. The smallest absolute Gasteiger partial charge is 0.0175 e. The van der Waals surface area contributed by atoms with Gasteiger partial charge in [0.2, 0.25) is 0 Å². The van der Waals surface area contributed by atoms with Crippen molar-refractivity contribution >= 4 is 15.9 Å². The van der Waals surface area contributed by atoms with Crippen LogP contribution in [0.2, 0.25) is 0 Å². The summed E-state index contributed by atoms with van der Waals surface area (Å²) in [5.41, 5.74) is 4.00. The molecule has 0 fully saturated rings. The van der Waals surface area contributed by atoms with Crippen LogP contribution in [0.15, 0.2) is 53.0 Å². The third-order valence-electron chi connectivity index (χ3n) is 3.38. The van der Waals surface area contributed by atoms with Gasteiger partial charge in [0.1, 0.15) is 0 Å². The lowest BCUT2D eigenvalue weighted by Gasteiger charge is -2.11. The lowest BCUT2D eigenvalue weighted by atomic mass is 9.94. The van der Waals surface area contributed by atoms with Crippen LogP contribution in [0.3, 0.4) is 0 Å². The van der Waals surface area contributed by atoms with Crippen molar-refractivity contribution in [1.82, 2.24) is 0 Å². The minimum atomic E-state index is 0.661. The Morgan fingerprint density at radius 3 is 1.89 bits per heavy atom. The maximum atomic E-state index is 3.47. The molecule has 2 rings (SSSR count). The SMILES string of the molecule is CCCC(C)c1ccc(-c2ccc(Br)cc2)cc1. The number of benzene rings is 2. The van der Waals surface area contributed by atoms with E-state index in [4.69, 9.17) is 0 Å². The Morgan fingerprint density at radius 1 is 0.889 bits per heavy atom. The third kappa shape index (κ3) is 3.23. The lowest BCUT2D eigenvalue weighted by Crippen LogP contribution is -1.92. The van der Waals surface area contributed by atoms with E-state index in [1.807, 2.05) is 0 Å². The zero-order valence-electron chi connectivity index (χ0n) is 11.0. The van der Waals surface area contributed by atoms with Crippen molar-refractivity contribution in [3.05, 3.63) is 58.6 Å². The summed E-state index contributed by atoms with van der Waals surface area (Å²) >= 11 is 3.47. The van der Waals surface area contributed by atoms with Crippen LogP contribution < -0.4 is 0 Å². The predicted molar refractivity (Wildman–Crippen MR) is 82.9 cm³/mol. The first-order valence-corrected chi connectivity index (χ1v) is 7.36. The molecule has 0 N–H and O–H groups in total. The van der Waals surface area contributed by atoms with E-state index < -0.39 is 0 Å². The van der Waals surface area contributed by atoms with Gasteiger partial charge in [0, 0.05) is 4.47 Å². The van der Waals surface area contributed by atoms with E-state index in [1.165, 1.54) is 29.5 Å². The topological polar surface area (TPSA) is 0 Å². The highest BCUT2D eigenvalue weighted by Gasteiger charge is 2.04. The van der Waals surface area contributed by atoms with Crippen LogP contribution in [0.5, 0.6) is 0 Å². The van der Waals surface area contributed by atoms with Crippen LogP contribution in [-0.2, 0) is 0 Å². The number of hydrogen-bond donors (Lipinski definition) is 0. The molecule has 0 nitrogen and oxygen atoms in total. The molecule has 0 spiro atoms. The summed E-state index contributed by atoms with van der Waals surface area (Å²) in [4.78, 5) is 0. The van der Waals surface area contributed by atoms with Crippen molar-refractivity contribution in [1.29, 1.82) is 0 Å². The van der Waals surface area contributed by atoms with Crippen LogP contribution in [-0.4, -0.2) is 0 Å². The van der Waals surface area contributed by atoms with Crippen LogP contribution in [0.25, 0.3) is 11.1 Å². The van der Waals surface area contributed by atoms with E-state index in [0.717, 1.165) is 4.47 Å². The summed E-state index contributed by atoms with van der Waals surface area (Å²) in [6, 6.07) is 17.4. The number of hydrogen-bond acceptors (Lipinski definition) is 0. The second-order valence-corrected chi connectivity index (χ2v) is 5.73. The predicted octanol–water partition coefficient (Wildman–Crippen LogP) is 6.02. The lowest BCUT2D eigenvalue weighted by molar-refractivity contribution is 0.665. The first-order chi connectivity index (χ1) is 8.70. The Balaban J connectivity index is 2.19. The minimum Gasteiger partial charge on any atom is -0.0654 e. The highest BCUT2D eigenvalue weighted by molar-refractivity contribution is 9.10. The highest BCUT2D eigenvalue weighted by atomic mass is 79.9. The van der Waals surface area contributed by atoms with Gasteiger partial charge in [-0.25, -0.2) is 0 Å². The Bertz CT molecular complexity index is 482. The molecule has 0 aliphatic carbocycles. The molecule has 1 heteroatoms. The van der Waals surface area contributed by atoms with Gasteiger partial charge in [-0.1, -0.05) is 72.6 Å². The van der Waals surface area contributed by atoms with E-state index in [9.17, 15) is 0 Å². The Labute approximate surface area is 118 Å². The van der Waals surface area contributed by atoms with E-state index >= 15 is 0 Å². The van der Waals surface area contributed by atoms with Crippen LogP contribution in [0.1, 0.15) is 38.2 Å². The molecule has 1 atom stereocenters. The molecule has 0 bridgehead atoms. The zero-order valence-corrected chi connectivity index (χ0v) is 12.6.